The number of aromatic nitrogens is 2. The number of rotatable bonds is 3. The number of amides is 2. The van der Waals surface area contributed by atoms with Crippen LogP contribution in [0.2, 0.25) is 0 Å². The smallest absolute Gasteiger partial charge is 0.268 e. The summed E-state index contributed by atoms with van der Waals surface area (Å²) in [6.07, 6.45) is 0.814. The van der Waals surface area contributed by atoms with Crippen LogP contribution in [0.5, 0.6) is 0 Å². The Hall–Kier alpha value is -3.10. The Morgan fingerprint density at radius 2 is 1.93 bits per heavy atom. The number of hydrogen-bond donors (Lipinski definition) is 1. The van der Waals surface area contributed by atoms with E-state index in [0.29, 0.717) is 28.2 Å². The summed E-state index contributed by atoms with van der Waals surface area (Å²) in [7, 11) is 0. The van der Waals surface area contributed by atoms with Crippen molar-refractivity contribution < 1.29 is 9.59 Å². The van der Waals surface area contributed by atoms with Crippen molar-refractivity contribution in [1.29, 1.82) is 0 Å². The highest BCUT2D eigenvalue weighted by Crippen LogP contribution is 2.32. The van der Waals surface area contributed by atoms with Crippen LogP contribution >= 0.6 is 23.1 Å². The average molecular weight is 406 g/mol. The summed E-state index contributed by atoms with van der Waals surface area (Å²) >= 11 is 2.56. The first-order chi connectivity index (χ1) is 13.7. The quantitative estimate of drug-likeness (QED) is 0.553. The first-order valence-corrected chi connectivity index (χ1v) is 10.3. The standard InChI is InChI=1S/C20H14N4O2S2/c25-19(13-4-6-15-16(10-13)23-28-22-15)21-14-5-3-12-7-8-24(17(12)11-14)20(26)18-2-1-9-27-18/h1-6,9-11H,7-8H2,(H,21,25). The Morgan fingerprint density at radius 1 is 1.04 bits per heavy atom. The van der Waals surface area contributed by atoms with Gasteiger partial charge in [-0.1, -0.05) is 12.1 Å². The van der Waals surface area contributed by atoms with Gasteiger partial charge in [0.2, 0.25) is 0 Å². The molecule has 1 aliphatic rings. The summed E-state index contributed by atoms with van der Waals surface area (Å²) in [6, 6.07) is 14.7. The van der Waals surface area contributed by atoms with Crippen molar-refractivity contribution in [3.05, 3.63) is 69.9 Å². The number of nitrogens with zero attached hydrogens (tertiary/aromatic N) is 3. The Kier molecular flexibility index (Phi) is 4.14. The van der Waals surface area contributed by atoms with Crippen molar-refractivity contribution in [2.24, 2.45) is 0 Å². The third-order valence-electron chi connectivity index (χ3n) is 4.73. The van der Waals surface area contributed by atoms with E-state index in [-0.39, 0.29) is 11.8 Å². The lowest BCUT2D eigenvalue weighted by molar-refractivity contribution is 0.0991. The SMILES string of the molecule is O=C(Nc1ccc2c(c1)N(C(=O)c1cccs1)CC2)c1ccc2nsnc2c1. The molecule has 5 rings (SSSR count). The molecule has 0 aliphatic carbocycles. The van der Waals surface area contributed by atoms with Crippen molar-refractivity contribution >= 4 is 57.3 Å². The molecule has 0 saturated carbocycles. The highest BCUT2D eigenvalue weighted by molar-refractivity contribution is 7.12. The number of thiophene rings is 1. The molecule has 3 heterocycles. The van der Waals surface area contributed by atoms with Crippen LogP contribution in [0.25, 0.3) is 11.0 Å². The number of carbonyl (C=O) groups excluding carboxylic acids is 2. The van der Waals surface area contributed by atoms with Crippen LogP contribution in [-0.2, 0) is 6.42 Å². The van der Waals surface area contributed by atoms with Crippen molar-refractivity contribution in [3.63, 3.8) is 0 Å². The van der Waals surface area contributed by atoms with Crippen LogP contribution in [0, 0.1) is 0 Å². The molecule has 2 aromatic heterocycles. The number of fused-ring (bicyclic) bond motifs is 2. The van der Waals surface area contributed by atoms with Crippen LogP contribution < -0.4 is 10.2 Å². The summed E-state index contributed by atoms with van der Waals surface area (Å²) < 4.78 is 8.33. The van der Waals surface area contributed by atoms with Crippen molar-refractivity contribution in [1.82, 2.24) is 8.75 Å². The minimum Gasteiger partial charge on any atom is -0.322 e. The van der Waals surface area contributed by atoms with Crippen LogP contribution in [0.15, 0.2) is 53.9 Å². The van der Waals surface area contributed by atoms with Gasteiger partial charge in [-0.05, 0) is 53.8 Å². The van der Waals surface area contributed by atoms with Gasteiger partial charge in [0, 0.05) is 23.5 Å². The summed E-state index contributed by atoms with van der Waals surface area (Å²) in [5.74, 6) is -0.220. The first kappa shape index (κ1) is 17.0. The molecule has 28 heavy (non-hydrogen) atoms. The maximum Gasteiger partial charge on any atom is 0.268 e. The molecule has 2 amide bonds. The molecule has 0 atom stereocenters. The molecule has 0 fully saturated rings. The van der Waals surface area contributed by atoms with Gasteiger partial charge in [0.1, 0.15) is 11.0 Å². The number of carbonyl (C=O) groups is 2. The Balaban J connectivity index is 1.40. The first-order valence-electron chi connectivity index (χ1n) is 8.71. The fourth-order valence-corrected chi connectivity index (χ4v) is 4.52. The Morgan fingerprint density at radius 3 is 2.79 bits per heavy atom. The van der Waals surface area contributed by atoms with E-state index in [9.17, 15) is 9.59 Å². The van der Waals surface area contributed by atoms with Gasteiger partial charge in [-0.2, -0.15) is 8.75 Å². The molecule has 2 aromatic carbocycles. The molecule has 0 saturated heterocycles. The van der Waals surface area contributed by atoms with Crippen LogP contribution in [-0.4, -0.2) is 27.1 Å². The van der Waals surface area contributed by atoms with Crippen molar-refractivity contribution in [2.75, 3.05) is 16.8 Å². The molecule has 0 bridgehead atoms. The number of anilines is 2. The zero-order valence-electron chi connectivity index (χ0n) is 14.6. The number of benzene rings is 2. The molecule has 0 spiro atoms. The van der Waals surface area contributed by atoms with E-state index in [2.05, 4.69) is 14.1 Å². The summed E-state index contributed by atoms with van der Waals surface area (Å²) in [4.78, 5) is 27.9. The minimum atomic E-state index is -0.219. The molecule has 138 valence electrons. The van der Waals surface area contributed by atoms with Crippen LogP contribution in [0.1, 0.15) is 25.6 Å². The van der Waals surface area contributed by atoms with E-state index in [0.717, 1.165) is 34.9 Å². The van der Waals surface area contributed by atoms with Gasteiger partial charge in [0.05, 0.1) is 16.6 Å². The van der Waals surface area contributed by atoms with Gasteiger partial charge >= 0.3 is 0 Å². The molecule has 8 heteroatoms. The average Bonchev–Trinajstić information content (AvgIpc) is 3.46. The van der Waals surface area contributed by atoms with Crippen molar-refractivity contribution in [2.45, 2.75) is 6.42 Å². The predicted molar refractivity (Wildman–Crippen MR) is 112 cm³/mol. The zero-order chi connectivity index (χ0) is 19.1. The highest BCUT2D eigenvalue weighted by atomic mass is 32.1. The summed E-state index contributed by atoms with van der Waals surface area (Å²) in [5.41, 5.74) is 4.63. The fourth-order valence-electron chi connectivity index (χ4n) is 3.33. The number of nitrogens with one attached hydrogen (secondary N) is 1. The monoisotopic (exact) mass is 406 g/mol. The van der Waals surface area contributed by atoms with E-state index >= 15 is 0 Å². The normalized spacial score (nSPS) is 12.9. The second-order valence-electron chi connectivity index (χ2n) is 6.45. The molecule has 4 aromatic rings. The van der Waals surface area contributed by atoms with E-state index in [4.69, 9.17) is 0 Å². The molecule has 0 radical (unpaired) electrons. The van der Waals surface area contributed by atoms with E-state index in [1.54, 1.807) is 23.1 Å². The van der Waals surface area contributed by atoms with Gasteiger partial charge in [-0.3, -0.25) is 9.59 Å². The Labute approximate surface area is 168 Å². The summed E-state index contributed by atoms with van der Waals surface area (Å²) in [5, 5.41) is 4.82. The van der Waals surface area contributed by atoms with E-state index in [1.165, 1.54) is 11.3 Å². The second-order valence-corrected chi connectivity index (χ2v) is 7.93. The number of hydrogen-bond acceptors (Lipinski definition) is 6. The Bertz CT molecular complexity index is 1200. The second kappa shape index (κ2) is 6.81. The van der Waals surface area contributed by atoms with Crippen molar-refractivity contribution in [3.8, 4) is 0 Å². The maximum absolute atomic E-state index is 12.8. The lowest BCUT2D eigenvalue weighted by Crippen LogP contribution is -2.28. The topological polar surface area (TPSA) is 75.2 Å². The lowest BCUT2D eigenvalue weighted by Gasteiger charge is -2.17. The molecule has 1 aliphatic heterocycles. The molecule has 6 nitrogen and oxygen atoms in total. The zero-order valence-corrected chi connectivity index (χ0v) is 16.2. The summed E-state index contributed by atoms with van der Waals surface area (Å²) in [6.45, 7) is 0.650. The maximum atomic E-state index is 12.8. The molecule has 1 N–H and O–H groups in total. The fraction of sp³-hybridized carbons (Fsp3) is 0.100. The molecule has 0 unspecified atom stereocenters. The van der Waals surface area contributed by atoms with Gasteiger partial charge in [0.15, 0.2) is 0 Å². The van der Waals surface area contributed by atoms with Gasteiger partial charge in [-0.15, -0.1) is 11.3 Å². The lowest BCUT2D eigenvalue weighted by atomic mass is 10.1. The van der Waals surface area contributed by atoms with Gasteiger partial charge < -0.3 is 10.2 Å². The van der Waals surface area contributed by atoms with E-state index < -0.39 is 0 Å². The third-order valence-corrected chi connectivity index (χ3v) is 6.15. The largest absolute Gasteiger partial charge is 0.322 e. The third kappa shape index (κ3) is 2.96. The highest BCUT2D eigenvalue weighted by Gasteiger charge is 2.26. The predicted octanol–water partition coefficient (Wildman–Crippen LogP) is 4.21. The van der Waals surface area contributed by atoms with E-state index in [1.807, 2.05) is 35.7 Å². The molecular weight excluding hydrogens is 392 g/mol. The van der Waals surface area contributed by atoms with Gasteiger partial charge in [0.25, 0.3) is 11.8 Å². The van der Waals surface area contributed by atoms with Crippen LogP contribution in [0.4, 0.5) is 11.4 Å². The molecular formula is C20H14N4O2S2. The minimum absolute atomic E-state index is 0.00119. The van der Waals surface area contributed by atoms with Gasteiger partial charge in [-0.25, -0.2) is 0 Å². The van der Waals surface area contributed by atoms with Crippen LogP contribution in [0.3, 0.4) is 0 Å².